The highest BCUT2D eigenvalue weighted by Crippen LogP contribution is 2.14. The Kier molecular flexibility index (Phi) is 4.13. The first-order valence-electron chi connectivity index (χ1n) is 5.57. The van der Waals surface area contributed by atoms with Crippen LogP contribution in [0.25, 0.3) is 0 Å². The summed E-state index contributed by atoms with van der Waals surface area (Å²) in [7, 11) is 1.87. The number of hydrogen-bond donors (Lipinski definition) is 0. The normalized spacial score (nSPS) is 23.3. The number of halogens is 1. The van der Waals surface area contributed by atoms with Crippen molar-refractivity contribution >= 4 is 6.09 Å². The molecule has 0 N–H and O–H groups in total. The van der Waals surface area contributed by atoms with Gasteiger partial charge in [0.05, 0.1) is 6.04 Å². The largest absolute Gasteiger partial charge is 0.444 e. The number of alkyl halides is 1. The topological polar surface area (TPSA) is 32.8 Å². The summed E-state index contributed by atoms with van der Waals surface area (Å²) in [6.45, 7) is 6.74. The molecule has 1 aliphatic rings. The average Bonchev–Trinajstić information content (AvgIpc) is 2.15. The van der Waals surface area contributed by atoms with Crippen LogP contribution in [0.3, 0.4) is 0 Å². The summed E-state index contributed by atoms with van der Waals surface area (Å²) in [6.07, 6.45) is -0.348. The standard InChI is InChI=1S/C11H21FN2O2/c1-11(2,3)16-10(15)14-6-5-13(4)9(7-12)8-14/h9H,5-8H2,1-4H3/t9-/m0/s1. The molecule has 1 heterocycles. The van der Waals surface area contributed by atoms with E-state index in [1.807, 2.05) is 32.7 Å². The van der Waals surface area contributed by atoms with Gasteiger partial charge < -0.3 is 9.64 Å². The van der Waals surface area contributed by atoms with Gasteiger partial charge in [-0.2, -0.15) is 0 Å². The molecule has 1 saturated heterocycles. The number of likely N-dealkylation sites (N-methyl/N-ethyl adjacent to an activating group) is 1. The predicted molar refractivity (Wildman–Crippen MR) is 60.2 cm³/mol. The van der Waals surface area contributed by atoms with Crippen LogP contribution in [0.5, 0.6) is 0 Å². The molecule has 1 aliphatic heterocycles. The molecular formula is C11H21FN2O2. The molecule has 4 nitrogen and oxygen atoms in total. The van der Waals surface area contributed by atoms with E-state index in [2.05, 4.69) is 0 Å². The molecule has 0 unspecified atom stereocenters. The third-order valence-corrected chi connectivity index (χ3v) is 2.61. The van der Waals surface area contributed by atoms with Crippen molar-refractivity contribution in [1.29, 1.82) is 0 Å². The van der Waals surface area contributed by atoms with E-state index in [1.165, 1.54) is 0 Å². The molecule has 0 aromatic carbocycles. The highest BCUT2D eigenvalue weighted by molar-refractivity contribution is 5.68. The highest BCUT2D eigenvalue weighted by atomic mass is 19.1. The number of amides is 1. The number of piperazine rings is 1. The number of nitrogens with zero attached hydrogens (tertiary/aromatic N) is 2. The molecule has 1 rings (SSSR count). The van der Waals surface area contributed by atoms with Gasteiger partial charge in [-0.25, -0.2) is 9.18 Å². The second-order valence-electron chi connectivity index (χ2n) is 5.22. The zero-order chi connectivity index (χ0) is 12.3. The van der Waals surface area contributed by atoms with E-state index in [4.69, 9.17) is 4.74 Å². The zero-order valence-electron chi connectivity index (χ0n) is 10.5. The van der Waals surface area contributed by atoms with E-state index in [9.17, 15) is 9.18 Å². The average molecular weight is 232 g/mol. The molecule has 0 bridgehead atoms. The van der Waals surface area contributed by atoms with Crippen LogP contribution in [0.1, 0.15) is 20.8 Å². The van der Waals surface area contributed by atoms with Crippen molar-refractivity contribution in [2.45, 2.75) is 32.4 Å². The molecule has 5 heteroatoms. The van der Waals surface area contributed by atoms with Crippen molar-refractivity contribution < 1.29 is 13.9 Å². The maximum Gasteiger partial charge on any atom is 0.410 e. The Morgan fingerprint density at radius 2 is 2.06 bits per heavy atom. The molecule has 0 saturated carbocycles. The maximum atomic E-state index is 12.7. The van der Waals surface area contributed by atoms with E-state index in [0.717, 1.165) is 0 Å². The van der Waals surface area contributed by atoms with Crippen molar-refractivity contribution in [3.8, 4) is 0 Å². The molecular weight excluding hydrogens is 211 g/mol. The van der Waals surface area contributed by atoms with Gasteiger partial charge in [-0.1, -0.05) is 0 Å². The molecule has 94 valence electrons. The Bertz CT molecular complexity index is 253. The Morgan fingerprint density at radius 1 is 1.44 bits per heavy atom. The zero-order valence-corrected chi connectivity index (χ0v) is 10.5. The summed E-state index contributed by atoms with van der Waals surface area (Å²) < 4.78 is 17.9. The van der Waals surface area contributed by atoms with Crippen LogP contribution in [0.15, 0.2) is 0 Å². The molecule has 0 aromatic rings. The van der Waals surface area contributed by atoms with E-state index < -0.39 is 12.3 Å². The first-order chi connectivity index (χ1) is 7.33. The van der Waals surface area contributed by atoms with Crippen LogP contribution < -0.4 is 0 Å². The second kappa shape index (κ2) is 4.99. The van der Waals surface area contributed by atoms with Gasteiger partial charge in [0.2, 0.25) is 0 Å². The minimum Gasteiger partial charge on any atom is -0.444 e. The summed E-state index contributed by atoms with van der Waals surface area (Å²) in [6, 6.07) is -0.207. The van der Waals surface area contributed by atoms with Gasteiger partial charge in [-0.05, 0) is 27.8 Å². The van der Waals surface area contributed by atoms with E-state index >= 15 is 0 Å². The quantitative estimate of drug-likeness (QED) is 0.687. The van der Waals surface area contributed by atoms with E-state index in [-0.39, 0.29) is 12.1 Å². The van der Waals surface area contributed by atoms with Crippen LogP contribution in [0.2, 0.25) is 0 Å². The van der Waals surface area contributed by atoms with Gasteiger partial charge in [0.1, 0.15) is 12.3 Å². The monoisotopic (exact) mass is 232 g/mol. The van der Waals surface area contributed by atoms with E-state index in [0.29, 0.717) is 19.6 Å². The number of carbonyl (C=O) groups is 1. The van der Waals surface area contributed by atoms with Gasteiger partial charge >= 0.3 is 6.09 Å². The third kappa shape index (κ3) is 3.63. The lowest BCUT2D eigenvalue weighted by atomic mass is 10.2. The first-order valence-corrected chi connectivity index (χ1v) is 5.57. The molecule has 0 spiro atoms. The number of rotatable bonds is 1. The fraction of sp³-hybridized carbons (Fsp3) is 0.909. The fourth-order valence-electron chi connectivity index (χ4n) is 1.60. The van der Waals surface area contributed by atoms with Crippen molar-refractivity contribution in [2.24, 2.45) is 0 Å². The maximum absolute atomic E-state index is 12.7. The molecule has 1 amide bonds. The Morgan fingerprint density at radius 3 is 2.56 bits per heavy atom. The molecule has 0 aliphatic carbocycles. The molecule has 1 atom stereocenters. The highest BCUT2D eigenvalue weighted by Gasteiger charge is 2.29. The van der Waals surface area contributed by atoms with Gasteiger partial charge in [0, 0.05) is 19.6 Å². The van der Waals surface area contributed by atoms with Crippen LogP contribution >= 0.6 is 0 Å². The van der Waals surface area contributed by atoms with Crippen molar-refractivity contribution in [3.63, 3.8) is 0 Å². The molecule has 0 radical (unpaired) electrons. The molecule has 1 fully saturated rings. The number of hydrogen-bond acceptors (Lipinski definition) is 3. The van der Waals surface area contributed by atoms with Crippen molar-refractivity contribution in [2.75, 3.05) is 33.4 Å². The van der Waals surface area contributed by atoms with Crippen LogP contribution in [0.4, 0.5) is 9.18 Å². The first kappa shape index (κ1) is 13.2. The Balaban J connectivity index is 2.52. The Hall–Kier alpha value is -0.840. The fourth-order valence-corrected chi connectivity index (χ4v) is 1.60. The molecule has 0 aromatic heterocycles. The summed E-state index contributed by atoms with van der Waals surface area (Å²) in [5, 5.41) is 0. The Labute approximate surface area is 96.3 Å². The number of ether oxygens (including phenoxy) is 1. The summed E-state index contributed by atoms with van der Waals surface area (Å²) in [5.41, 5.74) is -0.494. The van der Waals surface area contributed by atoms with Gasteiger partial charge in [0.15, 0.2) is 0 Å². The lowest BCUT2D eigenvalue weighted by molar-refractivity contribution is 0.00527. The van der Waals surface area contributed by atoms with Gasteiger partial charge in [0.25, 0.3) is 0 Å². The molecule has 16 heavy (non-hydrogen) atoms. The summed E-state index contributed by atoms with van der Waals surface area (Å²) in [5.74, 6) is 0. The van der Waals surface area contributed by atoms with Crippen LogP contribution in [0, 0.1) is 0 Å². The van der Waals surface area contributed by atoms with Gasteiger partial charge in [-0.3, -0.25) is 4.90 Å². The third-order valence-electron chi connectivity index (χ3n) is 2.61. The number of carbonyl (C=O) groups excluding carboxylic acids is 1. The lowest BCUT2D eigenvalue weighted by Crippen LogP contribution is -2.54. The SMILES string of the molecule is CN1CCN(C(=O)OC(C)(C)C)C[C@@H]1CF. The minimum absolute atomic E-state index is 0.207. The summed E-state index contributed by atoms with van der Waals surface area (Å²) >= 11 is 0. The van der Waals surface area contributed by atoms with Crippen LogP contribution in [-0.2, 0) is 4.74 Å². The van der Waals surface area contributed by atoms with E-state index in [1.54, 1.807) is 4.90 Å². The smallest absolute Gasteiger partial charge is 0.410 e. The second-order valence-corrected chi connectivity index (χ2v) is 5.22. The predicted octanol–water partition coefficient (Wildman–Crippen LogP) is 1.51. The lowest BCUT2D eigenvalue weighted by Gasteiger charge is -2.38. The van der Waals surface area contributed by atoms with Crippen molar-refractivity contribution in [3.05, 3.63) is 0 Å². The van der Waals surface area contributed by atoms with Crippen LogP contribution in [-0.4, -0.2) is 60.9 Å². The van der Waals surface area contributed by atoms with Crippen molar-refractivity contribution in [1.82, 2.24) is 9.80 Å². The summed E-state index contributed by atoms with van der Waals surface area (Å²) in [4.78, 5) is 15.3. The van der Waals surface area contributed by atoms with Gasteiger partial charge in [-0.15, -0.1) is 0 Å². The minimum atomic E-state index is -0.494.